The molecule has 1 heterocycles. The highest BCUT2D eigenvalue weighted by Gasteiger charge is 2.11. The average molecular weight is 326 g/mol. The van der Waals surface area contributed by atoms with Crippen LogP contribution < -0.4 is 16.0 Å². The van der Waals surface area contributed by atoms with Crippen LogP contribution in [0.1, 0.15) is 0 Å². The van der Waals surface area contributed by atoms with E-state index in [0.29, 0.717) is 21.6 Å². The highest BCUT2D eigenvalue weighted by atomic mass is 35.5. The number of nitrogen functional groups attached to an aromatic ring is 1. The van der Waals surface area contributed by atoms with Gasteiger partial charge in [0, 0.05) is 25.1 Å². The van der Waals surface area contributed by atoms with Gasteiger partial charge in [0.2, 0.25) is 5.91 Å². The third-order valence-corrected chi connectivity index (χ3v) is 3.31. The van der Waals surface area contributed by atoms with Crippen LogP contribution in [0.15, 0.2) is 30.7 Å². The molecule has 0 radical (unpaired) electrons. The number of nitrogens with one attached hydrogen (secondary N) is 1. The van der Waals surface area contributed by atoms with E-state index in [-0.39, 0.29) is 18.1 Å². The molecule has 6 nitrogen and oxygen atoms in total. The summed E-state index contributed by atoms with van der Waals surface area (Å²) >= 11 is 11.8. The number of carbonyl (C=O) groups excluding carboxylic acids is 1. The van der Waals surface area contributed by atoms with E-state index in [1.807, 2.05) is 0 Å². The first-order chi connectivity index (χ1) is 9.97. The predicted octanol–water partition coefficient (Wildman–Crippen LogP) is 2.44. The second-order valence-electron chi connectivity index (χ2n) is 4.32. The van der Waals surface area contributed by atoms with Crippen LogP contribution in [0.3, 0.4) is 0 Å². The van der Waals surface area contributed by atoms with Crippen molar-refractivity contribution in [3.63, 3.8) is 0 Å². The fourth-order valence-electron chi connectivity index (χ4n) is 1.64. The third-order valence-electron chi connectivity index (χ3n) is 2.68. The number of likely N-dealkylation sites (N-methyl/N-ethyl adjacent to an activating group) is 1. The molecule has 2 rings (SSSR count). The van der Waals surface area contributed by atoms with E-state index in [4.69, 9.17) is 28.9 Å². The Morgan fingerprint density at radius 2 is 2.00 bits per heavy atom. The number of benzene rings is 1. The van der Waals surface area contributed by atoms with E-state index in [9.17, 15) is 4.79 Å². The minimum atomic E-state index is -0.236. The van der Waals surface area contributed by atoms with Crippen LogP contribution in [0, 0.1) is 0 Å². The van der Waals surface area contributed by atoms with Gasteiger partial charge in [0.1, 0.15) is 5.82 Å². The van der Waals surface area contributed by atoms with Crippen LogP contribution in [-0.4, -0.2) is 29.5 Å². The molecule has 0 saturated carbocycles. The molecule has 0 fully saturated rings. The van der Waals surface area contributed by atoms with Crippen LogP contribution >= 0.6 is 23.2 Å². The molecule has 1 aromatic carbocycles. The molecule has 0 bridgehead atoms. The van der Waals surface area contributed by atoms with Crippen molar-refractivity contribution in [2.45, 2.75) is 0 Å². The topological polar surface area (TPSA) is 84.1 Å². The van der Waals surface area contributed by atoms with E-state index in [1.165, 1.54) is 0 Å². The fraction of sp³-hybridized carbons (Fsp3) is 0.154. The largest absolute Gasteiger partial charge is 0.396 e. The summed E-state index contributed by atoms with van der Waals surface area (Å²) in [6, 6.07) is 3.09. The molecular formula is C13H13Cl2N5O. The maximum atomic E-state index is 12.0. The zero-order valence-corrected chi connectivity index (χ0v) is 12.7. The number of halogens is 2. The Morgan fingerprint density at radius 3 is 2.57 bits per heavy atom. The lowest BCUT2D eigenvalue weighted by Gasteiger charge is -2.17. The molecule has 0 atom stereocenters. The molecule has 8 heteroatoms. The van der Waals surface area contributed by atoms with Gasteiger partial charge in [-0.15, -0.1) is 0 Å². The quantitative estimate of drug-likeness (QED) is 0.843. The lowest BCUT2D eigenvalue weighted by atomic mass is 10.2. The Morgan fingerprint density at radius 1 is 1.33 bits per heavy atom. The summed E-state index contributed by atoms with van der Waals surface area (Å²) in [5.41, 5.74) is 6.41. The van der Waals surface area contributed by atoms with E-state index < -0.39 is 0 Å². The Labute approximate surface area is 131 Å². The first-order valence-electron chi connectivity index (χ1n) is 5.99. The van der Waals surface area contributed by atoms with Crippen molar-refractivity contribution in [2.75, 3.05) is 29.5 Å². The molecule has 0 aliphatic carbocycles. The normalized spacial score (nSPS) is 10.2. The van der Waals surface area contributed by atoms with Gasteiger partial charge in [-0.25, -0.2) is 4.98 Å². The van der Waals surface area contributed by atoms with Gasteiger partial charge in [-0.05, 0) is 12.1 Å². The molecule has 1 aromatic heterocycles. The molecule has 21 heavy (non-hydrogen) atoms. The van der Waals surface area contributed by atoms with Crippen molar-refractivity contribution in [3.8, 4) is 0 Å². The molecule has 3 N–H and O–H groups in total. The molecule has 0 aliphatic rings. The monoisotopic (exact) mass is 325 g/mol. The number of carbonyl (C=O) groups is 1. The van der Waals surface area contributed by atoms with Gasteiger partial charge in [-0.2, -0.15) is 0 Å². The van der Waals surface area contributed by atoms with Gasteiger partial charge in [0.05, 0.1) is 28.5 Å². The molecule has 0 spiro atoms. The van der Waals surface area contributed by atoms with Crippen LogP contribution in [0.25, 0.3) is 0 Å². The van der Waals surface area contributed by atoms with Crippen molar-refractivity contribution in [1.82, 2.24) is 9.97 Å². The summed E-state index contributed by atoms with van der Waals surface area (Å²) in [7, 11) is 1.74. The Bertz CT molecular complexity index is 627. The Hall–Kier alpha value is -2.05. The zero-order valence-electron chi connectivity index (χ0n) is 11.2. The van der Waals surface area contributed by atoms with Crippen LogP contribution in [0.5, 0.6) is 0 Å². The Balaban J connectivity index is 2.02. The molecule has 1 amide bonds. The van der Waals surface area contributed by atoms with Crippen molar-refractivity contribution in [3.05, 3.63) is 40.8 Å². The van der Waals surface area contributed by atoms with Gasteiger partial charge in [-0.1, -0.05) is 23.2 Å². The SMILES string of the molecule is CN(CC(=O)Nc1cc(Cl)c(N)c(Cl)c1)c1cnccn1. The summed E-state index contributed by atoms with van der Waals surface area (Å²) in [5.74, 6) is 0.362. The van der Waals surface area contributed by atoms with E-state index >= 15 is 0 Å². The first-order valence-corrected chi connectivity index (χ1v) is 6.74. The van der Waals surface area contributed by atoms with E-state index in [1.54, 1.807) is 42.7 Å². The predicted molar refractivity (Wildman–Crippen MR) is 84.8 cm³/mol. The number of amides is 1. The van der Waals surface area contributed by atoms with Crippen molar-refractivity contribution in [1.29, 1.82) is 0 Å². The molecule has 0 saturated heterocycles. The number of rotatable bonds is 4. The standard InChI is InChI=1S/C13H13Cl2N5O/c1-20(11-6-17-2-3-18-11)7-12(21)19-8-4-9(14)13(16)10(15)5-8/h2-6H,7,16H2,1H3,(H,19,21). The summed E-state index contributed by atoms with van der Waals surface area (Å²) in [4.78, 5) is 21.7. The molecular weight excluding hydrogens is 313 g/mol. The minimum Gasteiger partial charge on any atom is -0.396 e. The van der Waals surface area contributed by atoms with Crippen molar-refractivity contribution < 1.29 is 4.79 Å². The maximum Gasteiger partial charge on any atom is 0.243 e. The molecule has 0 unspecified atom stereocenters. The highest BCUT2D eigenvalue weighted by molar-refractivity contribution is 6.39. The maximum absolute atomic E-state index is 12.0. The third kappa shape index (κ3) is 3.96. The van der Waals surface area contributed by atoms with Crippen molar-refractivity contribution in [2.24, 2.45) is 0 Å². The van der Waals surface area contributed by atoms with Crippen LogP contribution in [0.4, 0.5) is 17.2 Å². The second-order valence-corrected chi connectivity index (χ2v) is 5.14. The number of hydrogen-bond acceptors (Lipinski definition) is 5. The van der Waals surface area contributed by atoms with Gasteiger partial charge in [0.25, 0.3) is 0 Å². The van der Waals surface area contributed by atoms with E-state index in [0.717, 1.165) is 0 Å². The van der Waals surface area contributed by atoms with Crippen LogP contribution in [0.2, 0.25) is 10.0 Å². The van der Waals surface area contributed by atoms with Gasteiger partial charge < -0.3 is 16.0 Å². The van der Waals surface area contributed by atoms with E-state index in [2.05, 4.69) is 15.3 Å². The van der Waals surface area contributed by atoms with Crippen molar-refractivity contribution >= 4 is 46.3 Å². The Kier molecular flexibility index (Phi) is 4.82. The van der Waals surface area contributed by atoms with Gasteiger partial charge in [0.15, 0.2) is 0 Å². The summed E-state index contributed by atoms with van der Waals surface area (Å²) in [5, 5.41) is 3.28. The summed E-state index contributed by atoms with van der Waals surface area (Å²) in [6.45, 7) is 0.109. The first kappa shape index (κ1) is 15.3. The van der Waals surface area contributed by atoms with Crippen LogP contribution in [-0.2, 0) is 4.79 Å². The number of hydrogen-bond donors (Lipinski definition) is 2. The van der Waals surface area contributed by atoms with Gasteiger partial charge >= 0.3 is 0 Å². The molecule has 0 aliphatic heterocycles. The highest BCUT2D eigenvalue weighted by Crippen LogP contribution is 2.31. The molecule has 110 valence electrons. The number of nitrogens with two attached hydrogens (primary N) is 1. The lowest BCUT2D eigenvalue weighted by molar-refractivity contribution is -0.114. The summed E-state index contributed by atoms with van der Waals surface area (Å²) in [6.07, 6.45) is 4.70. The zero-order chi connectivity index (χ0) is 15.4. The minimum absolute atomic E-state index is 0.109. The number of anilines is 3. The smallest absolute Gasteiger partial charge is 0.243 e. The second kappa shape index (κ2) is 6.60. The average Bonchev–Trinajstić information content (AvgIpc) is 2.45. The fourth-order valence-corrected chi connectivity index (χ4v) is 2.13. The number of nitrogens with zero attached hydrogens (tertiary/aromatic N) is 3. The molecule has 2 aromatic rings. The number of aromatic nitrogens is 2. The lowest BCUT2D eigenvalue weighted by Crippen LogP contribution is -2.30. The van der Waals surface area contributed by atoms with Gasteiger partial charge in [-0.3, -0.25) is 9.78 Å². The summed E-state index contributed by atoms with van der Waals surface area (Å²) < 4.78 is 0.